The smallest absolute Gasteiger partial charge is 0.246 e. The normalized spacial score (nSPS) is 15.9. The van der Waals surface area contributed by atoms with Crippen LogP contribution in [0.1, 0.15) is 17.2 Å². The van der Waals surface area contributed by atoms with Crippen molar-refractivity contribution in [3.8, 4) is 11.5 Å². The fourth-order valence-electron chi connectivity index (χ4n) is 3.46. The van der Waals surface area contributed by atoms with Crippen LogP contribution in [0.3, 0.4) is 0 Å². The van der Waals surface area contributed by atoms with Gasteiger partial charge < -0.3 is 9.73 Å². The average Bonchev–Trinajstić information content (AvgIpc) is 3.26. The number of carbonyl (C=O) groups is 1. The van der Waals surface area contributed by atoms with Crippen LogP contribution >= 0.6 is 11.8 Å². The second-order valence-corrected chi connectivity index (χ2v) is 8.04. The van der Waals surface area contributed by atoms with Crippen LogP contribution in [-0.2, 0) is 4.79 Å². The van der Waals surface area contributed by atoms with Crippen LogP contribution in [0, 0.1) is 6.92 Å². The van der Waals surface area contributed by atoms with Crippen LogP contribution in [0.2, 0.25) is 0 Å². The van der Waals surface area contributed by atoms with E-state index in [9.17, 15) is 4.79 Å². The molecular formula is C22H23N3O2S. The lowest BCUT2D eigenvalue weighted by atomic mass is 10.0. The number of aryl methyl sites for hydroxylation is 1. The Morgan fingerprint density at radius 1 is 1.18 bits per heavy atom. The second kappa shape index (κ2) is 8.63. The maximum absolute atomic E-state index is 13.4. The van der Waals surface area contributed by atoms with Crippen LogP contribution in [-0.4, -0.2) is 40.4 Å². The molecule has 1 atom stereocenters. The van der Waals surface area contributed by atoms with Crippen LogP contribution < -0.4 is 5.32 Å². The zero-order chi connectivity index (χ0) is 19.3. The minimum Gasteiger partial charge on any atom is -0.445 e. The Morgan fingerprint density at radius 2 is 1.96 bits per heavy atom. The van der Waals surface area contributed by atoms with Crippen molar-refractivity contribution in [1.29, 1.82) is 0 Å². The molecule has 144 valence electrons. The van der Waals surface area contributed by atoms with E-state index in [1.54, 1.807) is 12.5 Å². The van der Waals surface area contributed by atoms with Gasteiger partial charge in [0.15, 0.2) is 0 Å². The Balaban J connectivity index is 1.62. The molecule has 1 N–H and O–H groups in total. The molecule has 1 aromatic heterocycles. The summed E-state index contributed by atoms with van der Waals surface area (Å²) in [5, 5.41) is 3.15. The van der Waals surface area contributed by atoms with Crippen molar-refractivity contribution in [3.05, 3.63) is 72.1 Å². The predicted molar refractivity (Wildman–Crippen MR) is 113 cm³/mol. The molecule has 0 radical (unpaired) electrons. The molecule has 0 aliphatic carbocycles. The molecule has 2 heterocycles. The number of thioether (sulfide) groups is 1. The number of benzene rings is 2. The predicted octanol–water partition coefficient (Wildman–Crippen LogP) is 4.38. The lowest BCUT2D eigenvalue weighted by molar-refractivity contribution is -0.121. The summed E-state index contributed by atoms with van der Waals surface area (Å²) in [4.78, 5) is 19.8. The minimum absolute atomic E-state index is 0.00856. The number of anilines is 1. The highest BCUT2D eigenvalue weighted by Gasteiger charge is 2.29. The highest BCUT2D eigenvalue weighted by Crippen LogP contribution is 2.28. The number of nitrogens with one attached hydrogen (secondary N) is 1. The Hall–Kier alpha value is -2.57. The summed E-state index contributed by atoms with van der Waals surface area (Å²) in [6.45, 7) is 3.81. The number of carbonyl (C=O) groups excluding carboxylic acids is 1. The molecule has 0 bridgehead atoms. The molecular weight excluding hydrogens is 370 g/mol. The molecule has 1 amide bonds. The van der Waals surface area contributed by atoms with E-state index in [0.717, 1.165) is 47.0 Å². The molecule has 0 unspecified atom stereocenters. The fourth-order valence-corrected chi connectivity index (χ4v) is 4.39. The van der Waals surface area contributed by atoms with E-state index >= 15 is 0 Å². The monoisotopic (exact) mass is 393 g/mol. The van der Waals surface area contributed by atoms with Gasteiger partial charge in [0.2, 0.25) is 11.8 Å². The average molecular weight is 394 g/mol. The highest BCUT2D eigenvalue weighted by atomic mass is 32.2. The van der Waals surface area contributed by atoms with Crippen LogP contribution in [0.4, 0.5) is 5.69 Å². The molecule has 1 saturated heterocycles. The van der Waals surface area contributed by atoms with Gasteiger partial charge in [0.1, 0.15) is 12.3 Å². The molecule has 1 aliphatic heterocycles. The van der Waals surface area contributed by atoms with Gasteiger partial charge in [-0.3, -0.25) is 9.69 Å². The first-order chi connectivity index (χ1) is 13.7. The van der Waals surface area contributed by atoms with E-state index in [1.807, 2.05) is 67.2 Å². The van der Waals surface area contributed by atoms with Crippen LogP contribution in [0.5, 0.6) is 0 Å². The number of amides is 1. The standard InChI is InChI=1S/C22H23N3O2S/c1-16-7-8-18(22-23-9-12-27-22)15-19(16)24-21(26)20(17-5-3-2-4-6-17)25-10-13-28-14-11-25/h2-9,12,15,20H,10-11,13-14H2,1H3,(H,24,26)/t20-/m0/s1. The third-order valence-corrected chi connectivity index (χ3v) is 5.89. The van der Waals surface area contributed by atoms with Crippen molar-refractivity contribution in [2.24, 2.45) is 0 Å². The quantitative estimate of drug-likeness (QED) is 0.697. The number of nitrogens with zero attached hydrogens (tertiary/aromatic N) is 2. The molecule has 4 rings (SSSR count). The molecule has 5 nitrogen and oxygen atoms in total. The van der Waals surface area contributed by atoms with Crippen molar-refractivity contribution >= 4 is 23.4 Å². The zero-order valence-corrected chi connectivity index (χ0v) is 16.6. The maximum Gasteiger partial charge on any atom is 0.246 e. The summed E-state index contributed by atoms with van der Waals surface area (Å²) >= 11 is 1.94. The van der Waals surface area contributed by atoms with Gasteiger partial charge in [-0.15, -0.1) is 0 Å². The Labute approximate surface area is 169 Å². The lowest BCUT2D eigenvalue weighted by Crippen LogP contribution is -2.42. The van der Waals surface area contributed by atoms with Crippen molar-refractivity contribution < 1.29 is 9.21 Å². The Morgan fingerprint density at radius 3 is 2.68 bits per heavy atom. The third-order valence-electron chi connectivity index (χ3n) is 4.95. The number of hydrogen-bond donors (Lipinski definition) is 1. The Bertz CT molecular complexity index is 922. The second-order valence-electron chi connectivity index (χ2n) is 6.82. The topological polar surface area (TPSA) is 58.4 Å². The largest absolute Gasteiger partial charge is 0.445 e. The number of rotatable bonds is 5. The van der Waals surface area contributed by atoms with Gasteiger partial charge in [0, 0.05) is 35.8 Å². The molecule has 3 aromatic rings. The van der Waals surface area contributed by atoms with Gasteiger partial charge in [-0.2, -0.15) is 11.8 Å². The minimum atomic E-state index is -0.299. The highest BCUT2D eigenvalue weighted by molar-refractivity contribution is 7.99. The van der Waals surface area contributed by atoms with E-state index in [2.05, 4.69) is 15.2 Å². The summed E-state index contributed by atoms with van der Waals surface area (Å²) in [6.07, 6.45) is 3.17. The van der Waals surface area contributed by atoms with Gasteiger partial charge in [-0.1, -0.05) is 36.4 Å². The van der Waals surface area contributed by atoms with E-state index < -0.39 is 0 Å². The number of aromatic nitrogens is 1. The van der Waals surface area contributed by atoms with Crippen molar-refractivity contribution in [2.75, 3.05) is 29.9 Å². The molecule has 28 heavy (non-hydrogen) atoms. The molecule has 0 spiro atoms. The van der Waals surface area contributed by atoms with Gasteiger partial charge in [-0.05, 0) is 30.2 Å². The first-order valence-electron chi connectivity index (χ1n) is 9.40. The van der Waals surface area contributed by atoms with Gasteiger partial charge in [-0.25, -0.2) is 4.98 Å². The Kier molecular flexibility index (Phi) is 5.78. The molecule has 6 heteroatoms. The third kappa shape index (κ3) is 4.13. The van der Waals surface area contributed by atoms with E-state index in [1.165, 1.54) is 0 Å². The summed E-state index contributed by atoms with van der Waals surface area (Å²) in [5.74, 6) is 2.64. The van der Waals surface area contributed by atoms with Crippen molar-refractivity contribution in [2.45, 2.75) is 13.0 Å². The maximum atomic E-state index is 13.4. The first kappa shape index (κ1) is 18.8. The summed E-state index contributed by atoms with van der Waals surface area (Å²) < 4.78 is 5.40. The molecule has 1 aliphatic rings. The molecule has 2 aromatic carbocycles. The van der Waals surface area contributed by atoms with E-state index in [4.69, 9.17) is 4.42 Å². The summed E-state index contributed by atoms with van der Waals surface area (Å²) in [6, 6.07) is 15.6. The van der Waals surface area contributed by atoms with E-state index in [0.29, 0.717) is 5.89 Å². The van der Waals surface area contributed by atoms with Gasteiger partial charge in [0.25, 0.3) is 0 Å². The van der Waals surface area contributed by atoms with Crippen molar-refractivity contribution in [1.82, 2.24) is 9.88 Å². The zero-order valence-electron chi connectivity index (χ0n) is 15.8. The van der Waals surface area contributed by atoms with Crippen LogP contribution in [0.15, 0.2) is 65.4 Å². The molecule has 0 saturated carbocycles. The number of hydrogen-bond acceptors (Lipinski definition) is 5. The molecule has 1 fully saturated rings. The van der Waals surface area contributed by atoms with Gasteiger partial charge in [0.05, 0.1) is 6.20 Å². The first-order valence-corrected chi connectivity index (χ1v) is 10.6. The fraction of sp³-hybridized carbons (Fsp3) is 0.273. The SMILES string of the molecule is Cc1ccc(-c2ncco2)cc1NC(=O)[C@H](c1ccccc1)N1CCSCC1. The van der Waals surface area contributed by atoms with Crippen LogP contribution in [0.25, 0.3) is 11.5 Å². The van der Waals surface area contributed by atoms with Gasteiger partial charge >= 0.3 is 0 Å². The van der Waals surface area contributed by atoms with Crippen molar-refractivity contribution in [3.63, 3.8) is 0 Å². The number of oxazole rings is 1. The summed E-state index contributed by atoms with van der Waals surface area (Å²) in [5.41, 5.74) is 3.66. The summed E-state index contributed by atoms with van der Waals surface area (Å²) in [7, 11) is 0. The van der Waals surface area contributed by atoms with E-state index in [-0.39, 0.29) is 11.9 Å². The lowest BCUT2D eigenvalue weighted by Gasteiger charge is -2.33.